The number of benzene rings is 1. The van der Waals surface area contributed by atoms with Crippen LogP contribution in [0.4, 0.5) is 0 Å². The molecule has 0 amide bonds. The number of aliphatic hydroxyl groups is 1. The van der Waals surface area contributed by atoms with Gasteiger partial charge in [0.1, 0.15) is 13.2 Å². The molecule has 16 heavy (non-hydrogen) atoms. The van der Waals surface area contributed by atoms with Crippen LogP contribution >= 0.6 is 11.8 Å². The topological polar surface area (TPSA) is 38.7 Å². The molecule has 0 aromatic heterocycles. The first-order valence-corrected chi connectivity index (χ1v) is 6.66. The molecule has 3 nitrogen and oxygen atoms in total. The molecular formula is C12H14O3S. The molecule has 1 aliphatic carbocycles. The minimum Gasteiger partial charge on any atom is -0.486 e. The maximum absolute atomic E-state index is 10.2. The lowest BCUT2D eigenvalue weighted by Crippen LogP contribution is -2.17. The van der Waals surface area contributed by atoms with E-state index in [0.717, 1.165) is 34.8 Å². The van der Waals surface area contributed by atoms with Crippen LogP contribution in [0.5, 0.6) is 11.5 Å². The zero-order chi connectivity index (χ0) is 11.2. The van der Waals surface area contributed by atoms with E-state index in [2.05, 4.69) is 0 Å². The van der Waals surface area contributed by atoms with Crippen molar-refractivity contribution in [3.63, 3.8) is 0 Å². The van der Waals surface area contributed by atoms with Crippen molar-refractivity contribution in [1.29, 1.82) is 0 Å². The third-order valence-electron chi connectivity index (χ3n) is 3.09. The van der Waals surface area contributed by atoms with Crippen molar-refractivity contribution in [3.05, 3.63) is 17.7 Å². The van der Waals surface area contributed by atoms with Crippen LogP contribution in [0.25, 0.3) is 0 Å². The highest BCUT2D eigenvalue weighted by molar-refractivity contribution is 7.98. The lowest BCUT2D eigenvalue weighted by molar-refractivity contribution is 0.141. The zero-order valence-corrected chi connectivity index (χ0v) is 9.97. The quantitative estimate of drug-likeness (QED) is 0.801. The maximum Gasteiger partial charge on any atom is 0.175 e. The van der Waals surface area contributed by atoms with Gasteiger partial charge in [-0.1, -0.05) is 6.07 Å². The number of hydrogen-bond acceptors (Lipinski definition) is 4. The fourth-order valence-corrected chi connectivity index (χ4v) is 2.87. The van der Waals surface area contributed by atoms with Crippen molar-refractivity contribution >= 4 is 11.8 Å². The van der Waals surface area contributed by atoms with Gasteiger partial charge in [-0.3, -0.25) is 0 Å². The van der Waals surface area contributed by atoms with Crippen molar-refractivity contribution in [3.8, 4) is 11.5 Å². The second-order valence-corrected chi connectivity index (χ2v) is 5.02. The predicted octanol–water partition coefficient (Wildman–Crippen LogP) is 2.16. The molecule has 1 fully saturated rings. The zero-order valence-electron chi connectivity index (χ0n) is 9.16. The van der Waals surface area contributed by atoms with Gasteiger partial charge in [0.2, 0.25) is 0 Å². The standard InChI is InChI=1S/C12H14O3S/c1-16-11-8(12(13)4-5-12)2-3-9-10(11)15-7-6-14-9/h2-3,13H,4-7H2,1H3. The summed E-state index contributed by atoms with van der Waals surface area (Å²) < 4.78 is 11.2. The van der Waals surface area contributed by atoms with Gasteiger partial charge < -0.3 is 14.6 Å². The summed E-state index contributed by atoms with van der Waals surface area (Å²) in [6, 6.07) is 3.87. The SMILES string of the molecule is CSc1c(C2(O)CC2)ccc2c1OCCO2. The monoisotopic (exact) mass is 238 g/mol. The number of fused-ring (bicyclic) bond motifs is 1. The van der Waals surface area contributed by atoms with Crippen LogP contribution in [0.3, 0.4) is 0 Å². The van der Waals surface area contributed by atoms with Crippen LogP contribution in [0.1, 0.15) is 18.4 Å². The van der Waals surface area contributed by atoms with Crippen molar-refractivity contribution < 1.29 is 14.6 Å². The highest BCUT2D eigenvalue weighted by Gasteiger charge is 2.44. The van der Waals surface area contributed by atoms with E-state index < -0.39 is 5.60 Å². The fraction of sp³-hybridized carbons (Fsp3) is 0.500. The maximum atomic E-state index is 10.2. The molecule has 86 valence electrons. The van der Waals surface area contributed by atoms with Crippen LogP contribution in [-0.4, -0.2) is 24.6 Å². The Hall–Kier alpha value is -0.870. The molecule has 0 bridgehead atoms. The van der Waals surface area contributed by atoms with Crippen molar-refractivity contribution in [2.75, 3.05) is 19.5 Å². The van der Waals surface area contributed by atoms with Crippen molar-refractivity contribution in [1.82, 2.24) is 0 Å². The average molecular weight is 238 g/mol. The number of rotatable bonds is 2. The van der Waals surface area contributed by atoms with Gasteiger partial charge in [0.25, 0.3) is 0 Å². The van der Waals surface area contributed by atoms with Crippen LogP contribution in [-0.2, 0) is 5.60 Å². The molecule has 1 N–H and O–H groups in total. The van der Waals surface area contributed by atoms with E-state index in [4.69, 9.17) is 9.47 Å². The molecular weight excluding hydrogens is 224 g/mol. The molecule has 3 rings (SSSR count). The Morgan fingerprint density at radius 1 is 1.25 bits per heavy atom. The lowest BCUT2D eigenvalue weighted by Gasteiger charge is -2.23. The lowest BCUT2D eigenvalue weighted by atomic mass is 10.1. The summed E-state index contributed by atoms with van der Waals surface area (Å²) in [5.41, 5.74) is 0.373. The van der Waals surface area contributed by atoms with Crippen LogP contribution in [0, 0.1) is 0 Å². The van der Waals surface area contributed by atoms with Gasteiger partial charge in [-0.15, -0.1) is 11.8 Å². The molecule has 0 atom stereocenters. The summed E-state index contributed by atoms with van der Waals surface area (Å²) in [4.78, 5) is 1.03. The van der Waals surface area contributed by atoms with Gasteiger partial charge >= 0.3 is 0 Å². The van der Waals surface area contributed by atoms with Crippen LogP contribution < -0.4 is 9.47 Å². The van der Waals surface area contributed by atoms with Gasteiger partial charge in [-0.25, -0.2) is 0 Å². The fourth-order valence-electron chi connectivity index (χ4n) is 2.05. The van der Waals surface area contributed by atoms with Gasteiger partial charge in [0.05, 0.1) is 10.5 Å². The van der Waals surface area contributed by atoms with E-state index in [-0.39, 0.29) is 0 Å². The molecule has 0 saturated heterocycles. The number of thioether (sulfide) groups is 1. The molecule has 1 heterocycles. The number of hydrogen-bond donors (Lipinski definition) is 1. The molecule has 0 unspecified atom stereocenters. The number of ether oxygens (including phenoxy) is 2. The van der Waals surface area contributed by atoms with E-state index in [1.807, 2.05) is 18.4 Å². The summed E-state index contributed by atoms with van der Waals surface area (Å²) in [5.74, 6) is 1.60. The molecule has 0 spiro atoms. The molecule has 1 aliphatic heterocycles. The molecule has 1 saturated carbocycles. The highest BCUT2D eigenvalue weighted by atomic mass is 32.2. The molecule has 1 aromatic carbocycles. The Balaban J connectivity index is 2.12. The van der Waals surface area contributed by atoms with Crippen molar-refractivity contribution in [2.45, 2.75) is 23.3 Å². The summed E-state index contributed by atoms with van der Waals surface area (Å²) in [7, 11) is 0. The summed E-state index contributed by atoms with van der Waals surface area (Å²) >= 11 is 1.61. The van der Waals surface area contributed by atoms with Gasteiger partial charge in [-0.2, -0.15) is 0 Å². The Bertz CT molecular complexity index is 427. The first kappa shape index (κ1) is 10.3. The first-order valence-electron chi connectivity index (χ1n) is 5.44. The second kappa shape index (κ2) is 3.57. The third kappa shape index (κ3) is 1.48. The first-order chi connectivity index (χ1) is 7.74. The second-order valence-electron chi connectivity index (χ2n) is 4.20. The third-order valence-corrected chi connectivity index (χ3v) is 3.91. The predicted molar refractivity (Wildman–Crippen MR) is 62.3 cm³/mol. The summed E-state index contributed by atoms with van der Waals surface area (Å²) in [5, 5.41) is 10.2. The summed E-state index contributed by atoms with van der Waals surface area (Å²) in [6.07, 6.45) is 3.70. The van der Waals surface area contributed by atoms with Gasteiger partial charge in [0.15, 0.2) is 11.5 Å². The summed E-state index contributed by atoms with van der Waals surface area (Å²) in [6.45, 7) is 1.19. The Labute approximate surface area is 98.8 Å². The van der Waals surface area contributed by atoms with Crippen molar-refractivity contribution in [2.24, 2.45) is 0 Å². The van der Waals surface area contributed by atoms with Crippen LogP contribution in [0.2, 0.25) is 0 Å². The van der Waals surface area contributed by atoms with E-state index in [9.17, 15) is 5.11 Å². The molecule has 4 heteroatoms. The Kier molecular flexibility index (Phi) is 2.30. The molecule has 0 radical (unpaired) electrons. The van der Waals surface area contributed by atoms with Gasteiger partial charge in [0, 0.05) is 5.56 Å². The van der Waals surface area contributed by atoms with E-state index in [0.29, 0.717) is 13.2 Å². The van der Waals surface area contributed by atoms with Gasteiger partial charge in [-0.05, 0) is 25.2 Å². The average Bonchev–Trinajstić information content (AvgIpc) is 3.07. The Morgan fingerprint density at radius 3 is 2.69 bits per heavy atom. The van der Waals surface area contributed by atoms with E-state index in [1.54, 1.807) is 11.8 Å². The normalized spacial score (nSPS) is 20.6. The Morgan fingerprint density at radius 2 is 2.00 bits per heavy atom. The molecule has 1 aromatic rings. The molecule has 2 aliphatic rings. The van der Waals surface area contributed by atoms with Crippen LogP contribution in [0.15, 0.2) is 17.0 Å². The minimum absolute atomic E-state index is 0.586. The minimum atomic E-state index is -0.617. The van der Waals surface area contributed by atoms with E-state index >= 15 is 0 Å². The largest absolute Gasteiger partial charge is 0.486 e. The smallest absolute Gasteiger partial charge is 0.175 e. The van der Waals surface area contributed by atoms with E-state index in [1.165, 1.54) is 0 Å². The highest BCUT2D eigenvalue weighted by Crippen LogP contribution is 2.52.